The molecule has 0 bridgehead atoms. The second kappa shape index (κ2) is 3.15. The van der Waals surface area contributed by atoms with Gasteiger partial charge in [0, 0.05) is 6.10 Å². The van der Waals surface area contributed by atoms with Crippen LogP contribution in [0.5, 0.6) is 0 Å². The zero-order valence-corrected chi connectivity index (χ0v) is 6.59. The zero-order valence-electron chi connectivity index (χ0n) is 6.59. The van der Waals surface area contributed by atoms with Crippen LogP contribution in [0.15, 0.2) is 0 Å². The molecule has 0 heterocycles. The summed E-state index contributed by atoms with van der Waals surface area (Å²) >= 11 is 0. The van der Waals surface area contributed by atoms with Gasteiger partial charge in [-0.3, -0.25) is 4.79 Å². The molecule has 1 unspecified atom stereocenters. The summed E-state index contributed by atoms with van der Waals surface area (Å²) in [5.74, 6) is -0.956. The molecule has 10 heavy (non-hydrogen) atoms. The van der Waals surface area contributed by atoms with Crippen molar-refractivity contribution in [3.05, 3.63) is 0 Å². The zero-order chi connectivity index (χ0) is 8.36. The van der Waals surface area contributed by atoms with Crippen molar-refractivity contribution in [2.75, 3.05) is 0 Å². The second-order valence-corrected chi connectivity index (χ2v) is 3.48. The number of carbonyl (C=O) groups is 1. The maximum atomic E-state index is 10.1. The first-order valence-electron chi connectivity index (χ1n) is 3.24. The van der Waals surface area contributed by atoms with Gasteiger partial charge in [0.25, 0.3) is 0 Å². The van der Waals surface area contributed by atoms with Gasteiger partial charge >= 0.3 is 5.97 Å². The van der Waals surface area contributed by atoms with Gasteiger partial charge in [-0.15, -0.1) is 0 Å². The van der Waals surface area contributed by atoms with Crippen molar-refractivity contribution in [1.82, 2.24) is 0 Å². The van der Waals surface area contributed by atoms with Crippen molar-refractivity contribution in [1.29, 1.82) is 0 Å². The number of hydrogen-bond acceptors (Lipinski definition) is 2. The van der Waals surface area contributed by atoms with E-state index in [1.54, 1.807) is 23.5 Å². The Labute approximate surface area is 63.0 Å². The van der Waals surface area contributed by atoms with E-state index in [1.165, 1.54) is 0 Å². The maximum absolute atomic E-state index is 10.1. The lowest BCUT2D eigenvalue weighted by Gasteiger charge is -2.23. The lowest BCUT2D eigenvalue weighted by atomic mass is 9.40. The quantitative estimate of drug-likeness (QED) is 0.405. The Morgan fingerprint density at radius 3 is 2.00 bits per heavy atom. The topological polar surface area (TPSA) is 57.5 Å². The highest BCUT2D eigenvalue weighted by molar-refractivity contribution is 6.59. The van der Waals surface area contributed by atoms with Crippen molar-refractivity contribution in [2.45, 2.75) is 17.6 Å². The van der Waals surface area contributed by atoms with Crippen LogP contribution in [0.2, 0.25) is 5.11 Å². The lowest BCUT2D eigenvalue weighted by Crippen LogP contribution is -2.31. The number of carboxylic acid groups (broad SMARTS) is 1. The van der Waals surface area contributed by atoms with E-state index >= 15 is 0 Å². The Balaban J connectivity index is 3.85. The maximum Gasteiger partial charge on any atom is 0.305 e. The largest absolute Gasteiger partial charge is 0.481 e. The molecule has 54 valence electrons. The van der Waals surface area contributed by atoms with E-state index in [9.17, 15) is 9.90 Å². The van der Waals surface area contributed by atoms with Gasteiger partial charge in [-0.05, 0) is 0 Å². The van der Waals surface area contributed by atoms with E-state index in [4.69, 9.17) is 5.11 Å². The molecule has 0 radical (unpaired) electrons. The van der Waals surface area contributed by atoms with Crippen LogP contribution in [0.1, 0.15) is 6.42 Å². The first-order valence-corrected chi connectivity index (χ1v) is 3.24. The summed E-state index contributed by atoms with van der Waals surface area (Å²) in [5.41, 5.74) is 0. The van der Waals surface area contributed by atoms with E-state index in [-0.39, 0.29) is 11.5 Å². The summed E-state index contributed by atoms with van der Waals surface area (Å²) in [6.45, 7) is 0. The molecule has 0 aliphatic rings. The molecule has 0 spiro atoms. The van der Waals surface area contributed by atoms with E-state index in [1.807, 2.05) is 0 Å². The number of aliphatic carboxylic acids is 1. The molecule has 2 N–H and O–H groups in total. The van der Waals surface area contributed by atoms with E-state index in [0.717, 1.165) is 0 Å². The monoisotopic (exact) mass is 140 g/mol. The molecule has 3 nitrogen and oxygen atoms in total. The number of rotatable bonds is 3. The van der Waals surface area contributed by atoms with Crippen molar-refractivity contribution in [3.8, 4) is 0 Å². The molecule has 0 saturated carbocycles. The van der Waals surface area contributed by atoms with Crippen molar-refractivity contribution >= 4 is 29.5 Å². The fourth-order valence-electron chi connectivity index (χ4n) is 0.472. The minimum atomic E-state index is -0.956. The molecule has 0 saturated heterocycles. The average Bonchev–Trinajstić information content (AvgIpc) is 1.60. The van der Waals surface area contributed by atoms with Crippen LogP contribution in [0.3, 0.4) is 0 Å². The molecule has 0 aromatic rings. The van der Waals surface area contributed by atoms with Gasteiger partial charge in [-0.1, -0.05) is 5.11 Å². The number of aliphatic hydroxyl groups excluding tert-OH is 1. The van der Waals surface area contributed by atoms with Gasteiger partial charge in [0.05, 0.1) is 30.0 Å². The van der Waals surface area contributed by atoms with Crippen LogP contribution >= 0.6 is 0 Å². The first-order chi connectivity index (χ1) is 4.34. The molecular formula is C4H11B3O3. The van der Waals surface area contributed by atoms with Gasteiger partial charge in [0.1, 0.15) is 0 Å². The summed E-state index contributed by atoms with van der Waals surface area (Å²) in [5, 5.41) is 17.1. The van der Waals surface area contributed by atoms with Crippen LogP contribution in [0, 0.1) is 0 Å². The molecule has 0 amide bonds. The fraction of sp³-hybridized carbons (Fsp3) is 0.750. The summed E-state index contributed by atoms with van der Waals surface area (Å²) in [6.07, 6.45) is -0.936. The summed E-state index contributed by atoms with van der Waals surface area (Å²) in [4.78, 5) is 10.1. The minimum Gasteiger partial charge on any atom is -0.481 e. The molecular weight excluding hydrogens is 128 g/mol. The Hall–Kier alpha value is -0.375. The molecule has 0 aliphatic carbocycles. The van der Waals surface area contributed by atoms with Crippen LogP contribution in [-0.4, -0.2) is 45.8 Å². The van der Waals surface area contributed by atoms with E-state index in [2.05, 4.69) is 0 Å². The van der Waals surface area contributed by atoms with Gasteiger partial charge in [0.15, 0.2) is 0 Å². The first kappa shape index (κ1) is 9.62. The third-order valence-electron chi connectivity index (χ3n) is 1.37. The summed E-state index contributed by atoms with van der Waals surface area (Å²) < 4.78 is 0. The minimum absolute atomic E-state index is 0.177. The van der Waals surface area contributed by atoms with E-state index in [0.29, 0.717) is 0 Å². The van der Waals surface area contributed by atoms with Crippen LogP contribution in [0.25, 0.3) is 0 Å². The Morgan fingerprint density at radius 1 is 1.50 bits per heavy atom. The average molecular weight is 140 g/mol. The Bertz CT molecular complexity index is 130. The van der Waals surface area contributed by atoms with Gasteiger partial charge in [0.2, 0.25) is 0 Å². The van der Waals surface area contributed by atoms with Gasteiger partial charge in [-0.2, -0.15) is 0 Å². The molecule has 0 aliphatic heterocycles. The molecule has 0 fully saturated rings. The van der Waals surface area contributed by atoms with Gasteiger partial charge in [-0.25, -0.2) is 0 Å². The fourth-order valence-corrected chi connectivity index (χ4v) is 0.472. The van der Waals surface area contributed by atoms with Crippen LogP contribution in [0.4, 0.5) is 0 Å². The van der Waals surface area contributed by atoms with E-state index < -0.39 is 12.1 Å². The van der Waals surface area contributed by atoms with Crippen molar-refractivity contribution < 1.29 is 15.0 Å². The number of carboxylic acids is 1. The highest BCUT2D eigenvalue weighted by Crippen LogP contribution is 2.17. The van der Waals surface area contributed by atoms with Crippen molar-refractivity contribution in [2.24, 2.45) is 0 Å². The third kappa shape index (κ3) is 3.61. The highest BCUT2D eigenvalue weighted by Gasteiger charge is 2.24. The Kier molecular flexibility index (Phi) is 3.03. The third-order valence-corrected chi connectivity index (χ3v) is 1.37. The van der Waals surface area contributed by atoms with Crippen LogP contribution < -0.4 is 0 Å². The number of hydrogen-bond donors (Lipinski definition) is 2. The van der Waals surface area contributed by atoms with Gasteiger partial charge < -0.3 is 10.2 Å². The summed E-state index contributed by atoms with van der Waals surface area (Å²) in [7, 11) is 5.42. The Morgan fingerprint density at radius 2 is 1.90 bits per heavy atom. The number of aliphatic hydroxyl groups is 1. The van der Waals surface area contributed by atoms with Crippen LogP contribution in [-0.2, 0) is 4.79 Å². The normalized spacial score (nSPS) is 14.5. The standard InChI is InChI=1S/C4H11B3O3/c5-4(6,7)2(8)1-3(9)10/h2,8H,1,5-7H2,(H,9,10). The summed E-state index contributed by atoms with van der Waals surface area (Å²) in [6, 6.07) is 0. The second-order valence-electron chi connectivity index (χ2n) is 3.48. The smallest absolute Gasteiger partial charge is 0.305 e. The predicted octanol–water partition coefficient (Wildman–Crippen LogP) is -3.21. The highest BCUT2D eigenvalue weighted by atomic mass is 16.4. The van der Waals surface area contributed by atoms with Crippen molar-refractivity contribution in [3.63, 3.8) is 0 Å². The molecule has 6 heteroatoms. The molecule has 0 aromatic heterocycles. The molecule has 1 atom stereocenters. The predicted molar refractivity (Wildman–Crippen MR) is 46.6 cm³/mol. The SMILES string of the molecule is BC(B)(B)C(O)CC(=O)O. The molecule has 0 aromatic carbocycles. The molecule has 0 rings (SSSR count). The lowest BCUT2D eigenvalue weighted by molar-refractivity contribution is -0.139.